The smallest absolute Gasteiger partial charge is 0.325 e. The topological polar surface area (TPSA) is 99.2 Å². The summed E-state index contributed by atoms with van der Waals surface area (Å²) in [6.45, 7) is 1.55. The van der Waals surface area contributed by atoms with Crippen molar-refractivity contribution in [3.05, 3.63) is 81.1 Å². The molecule has 8 nitrogen and oxygen atoms in total. The Morgan fingerprint density at radius 1 is 1.17 bits per heavy atom. The normalized spacial score (nSPS) is 16.6. The number of anilines is 1. The Labute approximate surface area is 163 Å². The lowest BCUT2D eigenvalue weighted by atomic mass is 9.99. The fourth-order valence-corrected chi connectivity index (χ4v) is 3.85. The number of halogens is 1. The summed E-state index contributed by atoms with van der Waals surface area (Å²) < 4.78 is 14.9. The molecule has 29 heavy (non-hydrogen) atoms. The fourth-order valence-electron chi connectivity index (χ4n) is 3.85. The van der Waals surface area contributed by atoms with Gasteiger partial charge in [-0.25, -0.2) is 18.7 Å². The van der Waals surface area contributed by atoms with E-state index in [1.165, 1.54) is 18.3 Å². The molecule has 1 atom stereocenters. The molecule has 5 rings (SSSR count). The quantitative estimate of drug-likeness (QED) is 0.555. The van der Waals surface area contributed by atoms with Gasteiger partial charge in [-0.3, -0.25) is 9.78 Å². The van der Waals surface area contributed by atoms with Gasteiger partial charge in [0.05, 0.1) is 11.3 Å². The minimum absolute atomic E-state index is 0.243. The third-order valence-corrected chi connectivity index (χ3v) is 5.31. The predicted molar refractivity (Wildman–Crippen MR) is 106 cm³/mol. The number of hydrogen-bond acceptors (Lipinski definition) is 5. The van der Waals surface area contributed by atoms with Crippen LogP contribution in [0, 0.1) is 5.82 Å². The molecule has 0 amide bonds. The Balaban J connectivity index is 1.55. The summed E-state index contributed by atoms with van der Waals surface area (Å²) in [5, 5.41) is 4.46. The SMILES string of the molecule is O=c1[nH]cc(-c2cc(N3CCC(c4ccc(F)cc4)C3)c3nccn3n2)c(=O)[nH]1. The van der Waals surface area contributed by atoms with Crippen molar-refractivity contribution < 1.29 is 4.39 Å². The summed E-state index contributed by atoms with van der Waals surface area (Å²) in [4.78, 5) is 34.9. The minimum atomic E-state index is -0.565. The maximum Gasteiger partial charge on any atom is 0.325 e. The lowest BCUT2D eigenvalue weighted by Crippen LogP contribution is -2.24. The molecule has 0 saturated carbocycles. The van der Waals surface area contributed by atoms with Gasteiger partial charge >= 0.3 is 5.69 Å². The highest BCUT2D eigenvalue weighted by atomic mass is 19.1. The molecule has 1 aromatic carbocycles. The zero-order chi connectivity index (χ0) is 20.0. The zero-order valence-corrected chi connectivity index (χ0v) is 15.3. The van der Waals surface area contributed by atoms with E-state index in [1.807, 2.05) is 18.2 Å². The van der Waals surface area contributed by atoms with Gasteiger partial charge in [0, 0.05) is 37.6 Å². The third-order valence-electron chi connectivity index (χ3n) is 5.31. The van der Waals surface area contributed by atoms with Crippen LogP contribution in [0.25, 0.3) is 16.9 Å². The average molecular weight is 392 g/mol. The highest BCUT2D eigenvalue weighted by molar-refractivity contribution is 5.74. The van der Waals surface area contributed by atoms with E-state index in [4.69, 9.17) is 0 Å². The largest absolute Gasteiger partial charge is 0.368 e. The number of imidazole rings is 1. The van der Waals surface area contributed by atoms with E-state index in [-0.39, 0.29) is 17.3 Å². The minimum Gasteiger partial charge on any atom is -0.368 e. The number of benzene rings is 1. The molecule has 9 heteroatoms. The first kappa shape index (κ1) is 17.4. The van der Waals surface area contributed by atoms with Gasteiger partial charge in [-0.2, -0.15) is 5.10 Å². The molecule has 0 aliphatic carbocycles. The van der Waals surface area contributed by atoms with Crippen LogP contribution in [0.3, 0.4) is 0 Å². The molecule has 1 unspecified atom stereocenters. The van der Waals surface area contributed by atoms with Crippen LogP contribution < -0.4 is 16.1 Å². The van der Waals surface area contributed by atoms with Crippen LogP contribution in [0.15, 0.2) is 58.5 Å². The van der Waals surface area contributed by atoms with Crippen molar-refractivity contribution >= 4 is 11.3 Å². The molecule has 1 aliphatic heterocycles. The average Bonchev–Trinajstić information content (AvgIpc) is 3.37. The van der Waals surface area contributed by atoms with Crippen molar-refractivity contribution in [2.75, 3.05) is 18.0 Å². The van der Waals surface area contributed by atoms with E-state index in [1.54, 1.807) is 16.9 Å². The molecule has 0 spiro atoms. The third kappa shape index (κ3) is 3.10. The van der Waals surface area contributed by atoms with Gasteiger partial charge in [0.1, 0.15) is 11.5 Å². The Hall–Kier alpha value is -3.75. The molecule has 1 aliphatic rings. The standard InChI is InChI=1S/C20H17FN6O2/c21-14-3-1-12(2-4-14)13-5-7-26(11-13)17-9-16(25-27-8-6-22-18(17)27)15-10-23-20(29)24-19(15)28/h1-4,6,8-10,13H,5,7,11H2,(H2,23,24,28,29). The second kappa shape index (κ2) is 6.69. The molecule has 4 heterocycles. The summed E-state index contributed by atoms with van der Waals surface area (Å²) in [5.74, 6) is 0.0336. The Morgan fingerprint density at radius 3 is 2.79 bits per heavy atom. The van der Waals surface area contributed by atoms with Gasteiger partial charge in [0.25, 0.3) is 5.56 Å². The molecule has 0 radical (unpaired) electrons. The van der Waals surface area contributed by atoms with Gasteiger partial charge in [0.15, 0.2) is 5.65 Å². The fraction of sp³-hybridized carbons (Fsp3) is 0.200. The molecule has 1 fully saturated rings. The van der Waals surface area contributed by atoms with E-state index in [0.29, 0.717) is 11.3 Å². The highest BCUT2D eigenvalue weighted by Crippen LogP contribution is 2.33. The molecule has 4 aromatic rings. The Bertz CT molecular complexity index is 1310. The number of rotatable bonds is 3. The lowest BCUT2D eigenvalue weighted by Gasteiger charge is -2.20. The number of fused-ring (bicyclic) bond motifs is 1. The van der Waals surface area contributed by atoms with Gasteiger partial charge < -0.3 is 9.88 Å². The van der Waals surface area contributed by atoms with Gasteiger partial charge in [-0.1, -0.05) is 12.1 Å². The van der Waals surface area contributed by atoms with Crippen LogP contribution in [0.5, 0.6) is 0 Å². The number of aromatic nitrogens is 5. The van der Waals surface area contributed by atoms with Gasteiger partial charge in [-0.15, -0.1) is 0 Å². The van der Waals surface area contributed by atoms with Crippen LogP contribution >= 0.6 is 0 Å². The Morgan fingerprint density at radius 2 is 2.00 bits per heavy atom. The van der Waals surface area contributed by atoms with E-state index in [2.05, 4.69) is 25.0 Å². The first-order chi connectivity index (χ1) is 14.1. The molecular formula is C20H17FN6O2. The van der Waals surface area contributed by atoms with Crippen LogP contribution in [0.4, 0.5) is 10.1 Å². The number of H-pyrrole nitrogens is 2. The second-order valence-electron chi connectivity index (χ2n) is 7.08. The second-order valence-corrected chi connectivity index (χ2v) is 7.08. The van der Waals surface area contributed by atoms with Crippen molar-refractivity contribution in [2.24, 2.45) is 0 Å². The van der Waals surface area contributed by atoms with Gasteiger partial charge in [-0.05, 0) is 30.2 Å². The van der Waals surface area contributed by atoms with E-state index in [0.717, 1.165) is 30.8 Å². The monoisotopic (exact) mass is 392 g/mol. The van der Waals surface area contributed by atoms with Crippen molar-refractivity contribution in [2.45, 2.75) is 12.3 Å². The molecule has 3 aromatic heterocycles. The van der Waals surface area contributed by atoms with E-state index in [9.17, 15) is 14.0 Å². The first-order valence-electron chi connectivity index (χ1n) is 9.26. The van der Waals surface area contributed by atoms with Crippen molar-refractivity contribution in [3.8, 4) is 11.3 Å². The zero-order valence-electron chi connectivity index (χ0n) is 15.3. The number of nitrogens with zero attached hydrogens (tertiary/aromatic N) is 4. The molecule has 1 saturated heterocycles. The maximum atomic E-state index is 13.2. The van der Waals surface area contributed by atoms with E-state index >= 15 is 0 Å². The predicted octanol–water partition coefficient (Wildman–Crippen LogP) is 1.91. The number of nitrogens with one attached hydrogen (secondary N) is 2. The van der Waals surface area contributed by atoms with Crippen molar-refractivity contribution in [1.29, 1.82) is 0 Å². The van der Waals surface area contributed by atoms with Gasteiger partial charge in [0.2, 0.25) is 0 Å². The van der Waals surface area contributed by atoms with Crippen molar-refractivity contribution in [3.63, 3.8) is 0 Å². The molecular weight excluding hydrogens is 375 g/mol. The molecule has 0 bridgehead atoms. The highest BCUT2D eigenvalue weighted by Gasteiger charge is 2.26. The summed E-state index contributed by atoms with van der Waals surface area (Å²) in [6.07, 6.45) is 5.66. The van der Waals surface area contributed by atoms with Crippen molar-refractivity contribution in [1.82, 2.24) is 24.6 Å². The number of aromatic amines is 2. The maximum absolute atomic E-state index is 13.2. The van der Waals surface area contributed by atoms with Crippen LogP contribution in [0.1, 0.15) is 17.9 Å². The molecule has 2 N–H and O–H groups in total. The van der Waals surface area contributed by atoms with E-state index < -0.39 is 11.2 Å². The first-order valence-corrected chi connectivity index (χ1v) is 9.26. The summed E-state index contributed by atoms with van der Waals surface area (Å²) in [5.41, 5.74) is 2.29. The number of hydrogen-bond donors (Lipinski definition) is 2. The summed E-state index contributed by atoms with van der Waals surface area (Å²) in [7, 11) is 0. The molecule has 146 valence electrons. The van der Waals surface area contributed by atoms with Crippen LogP contribution in [-0.4, -0.2) is 37.7 Å². The summed E-state index contributed by atoms with van der Waals surface area (Å²) >= 11 is 0. The van der Waals surface area contributed by atoms with Crippen LogP contribution in [-0.2, 0) is 0 Å². The summed E-state index contributed by atoms with van der Waals surface area (Å²) in [6, 6.07) is 8.44. The Kier molecular flexibility index (Phi) is 4.01. The lowest BCUT2D eigenvalue weighted by molar-refractivity contribution is 0.625. The van der Waals surface area contributed by atoms with Crippen LogP contribution in [0.2, 0.25) is 0 Å².